The van der Waals surface area contributed by atoms with Crippen LogP contribution in [0.15, 0.2) is 29.8 Å². The normalized spacial score (nSPS) is 10.3. The number of hydrogen-bond acceptors (Lipinski definition) is 5. The first-order valence-corrected chi connectivity index (χ1v) is 7.43. The lowest BCUT2D eigenvalue weighted by molar-refractivity contribution is -0.118. The van der Waals surface area contributed by atoms with Crippen LogP contribution < -0.4 is 9.64 Å². The molecule has 0 atom stereocenters. The molecule has 7 heteroatoms. The lowest BCUT2D eigenvalue weighted by Gasteiger charge is -2.13. The maximum absolute atomic E-state index is 13.6. The Morgan fingerprint density at radius 2 is 2.14 bits per heavy atom. The summed E-state index contributed by atoms with van der Waals surface area (Å²) in [5.41, 5.74) is 0.225. The van der Waals surface area contributed by atoms with Crippen LogP contribution >= 0.6 is 11.3 Å². The second-order valence-electron chi connectivity index (χ2n) is 4.54. The molecule has 1 amide bonds. The fourth-order valence-electron chi connectivity index (χ4n) is 1.86. The van der Waals surface area contributed by atoms with Crippen LogP contribution in [0.4, 0.5) is 9.52 Å². The molecule has 1 aromatic heterocycles. The summed E-state index contributed by atoms with van der Waals surface area (Å²) in [6.45, 7) is 0. The Kier molecular flexibility index (Phi) is 5.21. The van der Waals surface area contributed by atoms with Gasteiger partial charge in [0.25, 0.3) is 0 Å². The molecule has 2 rings (SSSR count). The van der Waals surface area contributed by atoms with Crippen molar-refractivity contribution in [3.63, 3.8) is 0 Å². The second-order valence-corrected chi connectivity index (χ2v) is 5.41. The number of rotatable bonds is 6. The van der Waals surface area contributed by atoms with Crippen molar-refractivity contribution in [2.45, 2.75) is 12.8 Å². The van der Waals surface area contributed by atoms with Crippen molar-refractivity contribution in [3.8, 4) is 5.75 Å². The predicted molar refractivity (Wildman–Crippen MR) is 82.0 cm³/mol. The Bertz CT molecular complexity index is 673. The minimum atomic E-state index is -0.598. The molecule has 22 heavy (non-hydrogen) atoms. The highest BCUT2D eigenvalue weighted by Crippen LogP contribution is 2.20. The number of ether oxygens (including phenoxy) is 1. The van der Waals surface area contributed by atoms with Crippen LogP contribution in [0, 0.1) is 5.82 Å². The van der Waals surface area contributed by atoms with E-state index in [0.717, 1.165) is 6.07 Å². The van der Waals surface area contributed by atoms with Gasteiger partial charge in [-0.05, 0) is 18.2 Å². The maximum atomic E-state index is 13.6. The average Bonchev–Trinajstić information content (AvgIpc) is 3.05. The van der Waals surface area contributed by atoms with Gasteiger partial charge in [-0.1, -0.05) is 0 Å². The van der Waals surface area contributed by atoms with Crippen molar-refractivity contribution >= 4 is 28.2 Å². The number of hydrogen-bond donors (Lipinski definition) is 0. The summed E-state index contributed by atoms with van der Waals surface area (Å²) in [7, 11) is 2.96. The Balaban J connectivity index is 1.95. The zero-order chi connectivity index (χ0) is 16.1. The molecule has 1 heterocycles. The third-order valence-corrected chi connectivity index (χ3v) is 3.97. The molecule has 0 N–H and O–H groups in total. The molecule has 0 saturated carbocycles. The first-order chi connectivity index (χ1) is 10.5. The van der Waals surface area contributed by atoms with Gasteiger partial charge in [0.05, 0.1) is 7.11 Å². The lowest BCUT2D eigenvalue weighted by atomic mass is 10.1. The van der Waals surface area contributed by atoms with Gasteiger partial charge in [0.15, 0.2) is 22.5 Å². The molecule has 0 saturated heterocycles. The Labute approximate surface area is 131 Å². The molecule has 0 spiro atoms. The number of methoxy groups -OCH3 is 1. The molecule has 5 nitrogen and oxygen atoms in total. The van der Waals surface area contributed by atoms with Gasteiger partial charge in [-0.25, -0.2) is 9.37 Å². The van der Waals surface area contributed by atoms with Crippen molar-refractivity contribution in [2.75, 3.05) is 19.1 Å². The highest BCUT2D eigenvalue weighted by atomic mass is 32.1. The summed E-state index contributed by atoms with van der Waals surface area (Å²) in [6, 6.07) is 4.00. The number of carbonyl (C=O) groups excluding carboxylic acids is 2. The van der Waals surface area contributed by atoms with Gasteiger partial charge in [0, 0.05) is 37.0 Å². The average molecular weight is 322 g/mol. The van der Waals surface area contributed by atoms with Crippen molar-refractivity contribution in [3.05, 3.63) is 41.2 Å². The summed E-state index contributed by atoms with van der Waals surface area (Å²) in [5, 5.41) is 2.35. The van der Waals surface area contributed by atoms with E-state index in [1.54, 1.807) is 18.6 Å². The summed E-state index contributed by atoms with van der Waals surface area (Å²) < 4.78 is 18.4. The van der Waals surface area contributed by atoms with Gasteiger partial charge in [-0.15, -0.1) is 11.3 Å². The molecule has 0 aliphatic heterocycles. The number of Topliss-reactive ketones (excluding diaryl/α,β-unsaturated/α-hetero) is 1. The summed E-state index contributed by atoms with van der Waals surface area (Å²) in [6.07, 6.45) is 1.66. The first-order valence-electron chi connectivity index (χ1n) is 6.55. The molecule has 2 aromatic rings. The van der Waals surface area contributed by atoms with E-state index in [0.29, 0.717) is 5.13 Å². The van der Waals surface area contributed by atoms with Crippen LogP contribution in [-0.4, -0.2) is 30.8 Å². The zero-order valence-electron chi connectivity index (χ0n) is 12.2. The Morgan fingerprint density at radius 3 is 2.73 bits per heavy atom. The van der Waals surface area contributed by atoms with E-state index >= 15 is 0 Å². The summed E-state index contributed by atoms with van der Waals surface area (Å²) in [5.74, 6) is -1.02. The topological polar surface area (TPSA) is 59.5 Å². The highest BCUT2D eigenvalue weighted by molar-refractivity contribution is 7.13. The maximum Gasteiger partial charge on any atom is 0.228 e. The fraction of sp³-hybridized carbons (Fsp3) is 0.267. The quantitative estimate of drug-likeness (QED) is 0.767. The third-order valence-electron chi connectivity index (χ3n) is 3.12. The monoisotopic (exact) mass is 322 g/mol. The van der Waals surface area contributed by atoms with E-state index in [9.17, 15) is 14.0 Å². The number of nitrogens with zero attached hydrogens (tertiary/aromatic N) is 2. The van der Waals surface area contributed by atoms with Crippen molar-refractivity contribution in [1.29, 1.82) is 0 Å². The van der Waals surface area contributed by atoms with Crippen LogP contribution in [0.25, 0.3) is 0 Å². The predicted octanol–water partition coefficient (Wildman–Crippen LogP) is 2.92. The minimum absolute atomic E-state index is 0.0142. The number of amides is 1. The smallest absolute Gasteiger partial charge is 0.228 e. The van der Waals surface area contributed by atoms with Crippen LogP contribution in [0.2, 0.25) is 0 Å². The zero-order valence-corrected chi connectivity index (χ0v) is 13.0. The van der Waals surface area contributed by atoms with Gasteiger partial charge in [-0.2, -0.15) is 0 Å². The van der Waals surface area contributed by atoms with E-state index in [-0.39, 0.29) is 35.8 Å². The van der Waals surface area contributed by atoms with Crippen molar-refractivity contribution in [2.24, 2.45) is 0 Å². The Hall–Kier alpha value is -2.28. The lowest BCUT2D eigenvalue weighted by Crippen LogP contribution is -2.26. The summed E-state index contributed by atoms with van der Waals surface area (Å²) >= 11 is 1.34. The molecule has 0 bridgehead atoms. The fourth-order valence-corrected chi connectivity index (χ4v) is 2.49. The molecule has 0 unspecified atom stereocenters. The number of carbonyl (C=O) groups is 2. The van der Waals surface area contributed by atoms with E-state index in [1.165, 1.54) is 35.5 Å². The minimum Gasteiger partial charge on any atom is -0.494 e. The van der Waals surface area contributed by atoms with E-state index < -0.39 is 5.82 Å². The van der Waals surface area contributed by atoms with Gasteiger partial charge in [0.1, 0.15) is 0 Å². The molecule has 1 aromatic carbocycles. The molecule has 0 aliphatic carbocycles. The van der Waals surface area contributed by atoms with Gasteiger partial charge < -0.3 is 4.74 Å². The molecular weight excluding hydrogens is 307 g/mol. The van der Waals surface area contributed by atoms with Gasteiger partial charge >= 0.3 is 0 Å². The number of halogens is 1. The van der Waals surface area contributed by atoms with Gasteiger partial charge in [-0.3, -0.25) is 14.5 Å². The molecule has 0 fully saturated rings. The Morgan fingerprint density at radius 1 is 1.36 bits per heavy atom. The van der Waals surface area contributed by atoms with E-state index in [1.807, 2.05) is 0 Å². The summed E-state index contributed by atoms with van der Waals surface area (Å²) in [4.78, 5) is 29.4. The number of ketones is 1. The highest BCUT2D eigenvalue weighted by Gasteiger charge is 2.16. The van der Waals surface area contributed by atoms with Crippen molar-refractivity contribution < 1.29 is 18.7 Å². The standard InChI is InChI=1S/C15H15FN2O3S/c1-18(15-17-7-8-22-15)14(20)6-4-12(19)10-3-5-13(21-2)11(16)9-10/h3,5,7-9H,4,6H2,1-2H3. The largest absolute Gasteiger partial charge is 0.494 e. The van der Waals surface area contributed by atoms with E-state index in [2.05, 4.69) is 4.98 Å². The molecule has 116 valence electrons. The van der Waals surface area contributed by atoms with Gasteiger partial charge in [0.2, 0.25) is 5.91 Å². The van der Waals surface area contributed by atoms with Crippen LogP contribution in [0.3, 0.4) is 0 Å². The van der Waals surface area contributed by atoms with E-state index in [4.69, 9.17) is 4.74 Å². The number of thiazole rings is 1. The third kappa shape index (κ3) is 3.67. The number of benzene rings is 1. The first kappa shape index (κ1) is 16.1. The van der Waals surface area contributed by atoms with Crippen LogP contribution in [-0.2, 0) is 4.79 Å². The molecule has 0 aliphatic rings. The molecular formula is C15H15FN2O3S. The number of anilines is 1. The molecule has 0 radical (unpaired) electrons. The van der Waals surface area contributed by atoms with Crippen molar-refractivity contribution in [1.82, 2.24) is 4.98 Å². The van der Waals surface area contributed by atoms with Crippen LogP contribution in [0.5, 0.6) is 5.75 Å². The SMILES string of the molecule is COc1ccc(C(=O)CCC(=O)N(C)c2nccs2)cc1F. The second kappa shape index (κ2) is 7.13. The van der Waals surface area contributed by atoms with Crippen LogP contribution in [0.1, 0.15) is 23.2 Å². The number of aromatic nitrogens is 1.